The summed E-state index contributed by atoms with van der Waals surface area (Å²) in [7, 11) is 1.82. The van der Waals surface area contributed by atoms with Crippen molar-refractivity contribution in [1.29, 1.82) is 0 Å². The molecule has 0 aromatic heterocycles. The number of hydrogen-bond donors (Lipinski definition) is 2. The highest BCUT2D eigenvalue weighted by atomic mass is 19.1. The largest absolute Gasteiger partial charge is 0.308 e. The second-order valence-electron chi connectivity index (χ2n) is 3.02. The van der Waals surface area contributed by atoms with Crippen LogP contribution in [0.3, 0.4) is 0 Å². The van der Waals surface area contributed by atoms with Crippen molar-refractivity contribution in [3.63, 3.8) is 0 Å². The molecule has 0 atom stereocenters. The molecule has 0 heterocycles. The van der Waals surface area contributed by atoms with Gasteiger partial charge in [0.05, 0.1) is 0 Å². The van der Waals surface area contributed by atoms with Crippen LogP contribution in [-0.2, 0) is 6.42 Å². The van der Waals surface area contributed by atoms with Gasteiger partial charge in [0.2, 0.25) is 0 Å². The van der Waals surface area contributed by atoms with Gasteiger partial charge in [-0.05, 0) is 25.1 Å². The van der Waals surface area contributed by atoms with Gasteiger partial charge in [-0.2, -0.15) is 0 Å². The highest BCUT2D eigenvalue weighted by molar-refractivity contribution is 5.18. The number of nitrogens with one attached hydrogen (secondary N) is 2. The van der Waals surface area contributed by atoms with E-state index in [1.54, 1.807) is 0 Å². The first-order valence-corrected chi connectivity index (χ1v) is 4.53. The molecule has 1 rings (SSSR count). The van der Waals surface area contributed by atoms with E-state index in [9.17, 15) is 8.78 Å². The molecule has 0 saturated carbocycles. The molecule has 0 bridgehead atoms. The van der Waals surface area contributed by atoms with Crippen LogP contribution in [0.2, 0.25) is 0 Å². The van der Waals surface area contributed by atoms with Crippen molar-refractivity contribution in [1.82, 2.24) is 10.6 Å². The molecular weight excluding hydrogens is 186 g/mol. The Bertz CT molecular complexity index is 289. The maximum absolute atomic E-state index is 13.1. The molecular formula is C10H14F2N2. The first-order chi connectivity index (χ1) is 6.74. The van der Waals surface area contributed by atoms with Crippen LogP contribution in [0.15, 0.2) is 18.2 Å². The molecule has 0 radical (unpaired) electrons. The van der Waals surface area contributed by atoms with Gasteiger partial charge in [-0.3, -0.25) is 0 Å². The number of halogens is 2. The molecule has 0 spiro atoms. The summed E-state index contributed by atoms with van der Waals surface area (Å²) < 4.78 is 25.6. The topological polar surface area (TPSA) is 24.1 Å². The van der Waals surface area contributed by atoms with E-state index in [1.165, 1.54) is 12.1 Å². The lowest BCUT2D eigenvalue weighted by Crippen LogP contribution is -2.27. The SMILES string of the molecule is CNCNCCc1ccc(F)cc1F. The molecule has 0 aliphatic rings. The van der Waals surface area contributed by atoms with E-state index in [0.717, 1.165) is 6.07 Å². The lowest BCUT2D eigenvalue weighted by atomic mass is 10.1. The van der Waals surface area contributed by atoms with E-state index < -0.39 is 11.6 Å². The third-order valence-electron chi connectivity index (χ3n) is 1.89. The maximum atomic E-state index is 13.1. The van der Waals surface area contributed by atoms with Crippen molar-refractivity contribution in [2.75, 3.05) is 20.3 Å². The summed E-state index contributed by atoms with van der Waals surface area (Å²) in [5, 5.41) is 5.97. The van der Waals surface area contributed by atoms with Gasteiger partial charge in [0.15, 0.2) is 0 Å². The average Bonchev–Trinajstić information content (AvgIpc) is 2.15. The summed E-state index contributed by atoms with van der Waals surface area (Å²) in [5.41, 5.74) is 0.537. The maximum Gasteiger partial charge on any atom is 0.129 e. The predicted molar refractivity (Wildman–Crippen MR) is 52.0 cm³/mol. The summed E-state index contributed by atoms with van der Waals surface area (Å²) in [4.78, 5) is 0. The van der Waals surface area contributed by atoms with Crippen LogP contribution in [0.5, 0.6) is 0 Å². The van der Waals surface area contributed by atoms with Gasteiger partial charge in [-0.15, -0.1) is 0 Å². The number of benzene rings is 1. The van der Waals surface area contributed by atoms with Crippen LogP contribution >= 0.6 is 0 Å². The van der Waals surface area contributed by atoms with E-state index in [0.29, 0.717) is 25.2 Å². The summed E-state index contributed by atoms with van der Waals surface area (Å²) in [6.07, 6.45) is 0.563. The Labute approximate surface area is 82.3 Å². The van der Waals surface area contributed by atoms with Crippen LogP contribution < -0.4 is 10.6 Å². The summed E-state index contributed by atoms with van der Waals surface area (Å²) in [6, 6.07) is 3.66. The van der Waals surface area contributed by atoms with E-state index in [-0.39, 0.29) is 0 Å². The zero-order chi connectivity index (χ0) is 10.4. The van der Waals surface area contributed by atoms with E-state index in [4.69, 9.17) is 0 Å². The zero-order valence-electron chi connectivity index (χ0n) is 8.11. The second-order valence-corrected chi connectivity index (χ2v) is 3.02. The Morgan fingerprint density at radius 3 is 2.71 bits per heavy atom. The Kier molecular flexibility index (Phi) is 4.49. The highest BCUT2D eigenvalue weighted by Gasteiger charge is 2.02. The Morgan fingerprint density at radius 2 is 2.07 bits per heavy atom. The molecule has 0 amide bonds. The first-order valence-electron chi connectivity index (χ1n) is 4.53. The van der Waals surface area contributed by atoms with Crippen LogP contribution in [-0.4, -0.2) is 20.3 Å². The average molecular weight is 200 g/mol. The van der Waals surface area contributed by atoms with Gasteiger partial charge in [0, 0.05) is 19.3 Å². The minimum absolute atomic E-state index is 0.476. The highest BCUT2D eigenvalue weighted by Crippen LogP contribution is 2.09. The Balaban J connectivity index is 2.42. The first kappa shape index (κ1) is 11.1. The Morgan fingerprint density at radius 1 is 1.29 bits per heavy atom. The number of rotatable bonds is 5. The molecule has 4 heteroatoms. The van der Waals surface area contributed by atoms with Crippen molar-refractivity contribution in [2.24, 2.45) is 0 Å². The van der Waals surface area contributed by atoms with Crippen molar-refractivity contribution < 1.29 is 8.78 Å². The third-order valence-corrected chi connectivity index (χ3v) is 1.89. The minimum Gasteiger partial charge on any atom is -0.308 e. The molecule has 2 nitrogen and oxygen atoms in total. The second kappa shape index (κ2) is 5.67. The standard InChI is InChI=1S/C10H14F2N2/c1-13-7-14-5-4-8-2-3-9(11)6-10(8)12/h2-3,6,13-14H,4-5,7H2,1H3. The molecule has 0 aliphatic carbocycles. The van der Waals surface area contributed by atoms with Gasteiger partial charge in [-0.1, -0.05) is 6.07 Å². The van der Waals surface area contributed by atoms with Gasteiger partial charge in [0.1, 0.15) is 11.6 Å². The lowest BCUT2D eigenvalue weighted by Gasteiger charge is -2.04. The minimum atomic E-state index is -0.533. The van der Waals surface area contributed by atoms with E-state index in [2.05, 4.69) is 10.6 Å². The monoisotopic (exact) mass is 200 g/mol. The van der Waals surface area contributed by atoms with Crippen LogP contribution in [0.4, 0.5) is 8.78 Å². The quantitative estimate of drug-likeness (QED) is 0.552. The van der Waals surface area contributed by atoms with Gasteiger partial charge in [0.25, 0.3) is 0 Å². The van der Waals surface area contributed by atoms with Gasteiger partial charge < -0.3 is 10.6 Å². The van der Waals surface area contributed by atoms with Gasteiger partial charge >= 0.3 is 0 Å². The molecule has 0 unspecified atom stereocenters. The number of hydrogen-bond acceptors (Lipinski definition) is 2. The normalized spacial score (nSPS) is 10.5. The van der Waals surface area contributed by atoms with E-state index >= 15 is 0 Å². The molecule has 0 aliphatic heterocycles. The molecule has 0 saturated heterocycles. The fourth-order valence-electron chi connectivity index (χ4n) is 1.16. The van der Waals surface area contributed by atoms with Crippen LogP contribution in [0.1, 0.15) is 5.56 Å². The smallest absolute Gasteiger partial charge is 0.129 e. The fourth-order valence-corrected chi connectivity index (χ4v) is 1.16. The van der Waals surface area contributed by atoms with Crippen molar-refractivity contribution in [3.8, 4) is 0 Å². The van der Waals surface area contributed by atoms with Crippen LogP contribution in [0, 0.1) is 11.6 Å². The Hall–Kier alpha value is -1.00. The zero-order valence-corrected chi connectivity index (χ0v) is 8.11. The van der Waals surface area contributed by atoms with Crippen LogP contribution in [0.25, 0.3) is 0 Å². The summed E-state index contributed by atoms with van der Waals surface area (Å²) >= 11 is 0. The molecule has 1 aromatic carbocycles. The van der Waals surface area contributed by atoms with Crippen molar-refractivity contribution >= 4 is 0 Å². The molecule has 78 valence electrons. The van der Waals surface area contributed by atoms with Crippen molar-refractivity contribution in [3.05, 3.63) is 35.4 Å². The van der Waals surface area contributed by atoms with E-state index in [1.807, 2.05) is 7.05 Å². The third kappa shape index (κ3) is 3.40. The summed E-state index contributed by atoms with van der Waals surface area (Å²) in [6.45, 7) is 1.35. The van der Waals surface area contributed by atoms with Gasteiger partial charge in [-0.25, -0.2) is 8.78 Å². The fraction of sp³-hybridized carbons (Fsp3) is 0.400. The molecule has 0 fully saturated rings. The lowest BCUT2D eigenvalue weighted by molar-refractivity contribution is 0.563. The van der Waals surface area contributed by atoms with Crippen molar-refractivity contribution in [2.45, 2.75) is 6.42 Å². The molecule has 1 aromatic rings. The molecule has 14 heavy (non-hydrogen) atoms. The summed E-state index contributed by atoms with van der Waals surface area (Å²) in [5.74, 6) is -1.01. The molecule has 2 N–H and O–H groups in total. The predicted octanol–water partition coefficient (Wildman–Crippen LogP) is 1.27.